The zero-order valence-corrected chi connectivity index (χ0v) is 14.6. The van der Waals surface area contributed by atoms with Crippen LogP contribution < -0.4 is 11.1 Å². The van der Waals surface area contributed by atoms with Gasteiger partial charge in [0.1, 0.15) is 5.65 Å². The van der Waals surface area contributed by atoms with Crippen molar-refractivity contribution in [1.82, 2.24) is 14.7 Å². The molecule has 0 aliphatic carbocycles. The maximum absolute atomic E-state index is 6.21. The molecule has 0 amide bonds. The van der Waals surface area contributed by atoms with Crippen molar-refractivity contribution in [3.05, 3.63) is 70.1 Å². The average molecular weight is 362 g/mol. The first-order chi connectivity index (χ1) is 11.5. The Kier molecular flexibility index (Phi) is 4.92. The van der Waals surface area contributed by atoms with Crippen LogP contribution in [0.1, 0.15) is 24.2 Å². The van der Waals surface area contributed by atoms with Gasteiger partial charge in [-0.3, -0.25) is 0 Å². The summed E-state index contributed by atoms with van der Waals surface area (Å²) in [6.07, 6.45) is 3.88. The minimum absolute atomic E-state index is 0.0837. The van der Waals surface area contributed by atoms with Gasteiger partial charge >= 0.3 is 0 Å². The Hall–Kier alpha value is -2.24. The number of hydrogen-bond acceptors (Lipinski definition) is 2. The third kappa shape index (κ3) is 3.80. The number of nitrogens with two attached hydrogens (primary N) is 1. The Balaban J connectivity index is 1.67. The van der Waals surface area contributed by atoms with Crippen LogP contribution in [0.15, 0.2) is 53.8 Å². The predicted molar refractivity (Wildman–Crippen MR) is 98.5 cm³/mol. The van der Waals surface area contributed by atoms with Crippen molar-refractivity contribution in [3.8, 4) is 0 Å². The molecule has 5 nitrogen and oxygen atoms in total. The monoisotopic (exact) mass is 361 g/mol. The predicted octanol–water partition coefficient (Wildman–Crippen LogP) is 3.81. The zero-order valence-electron chi connectivity index (χ0n) is 13.1. The number of hydrogen-bond donors (Lipinski definition) is 2. The maximum atomic E-state index is 6.21. The van der Waals surface area contributed by atoms with Crippen LogP contribution in [0, 0.1) is 0 Å². The first kappa shape index (κ1) is 16.6. The van der Waals surface area contributed by atoms with E-state index in [-0.39, 0.29) is 6.04 Å². The second-order valence-electron chi connectivity index (χ2n) is 5.43. The number of halogens is 2. The Labute approximate surface area is 150 Å². The van der Waals surface area contributed by atoms with E-state index in [9.17, 15) is 0 Å². The third-order valence-corrected chi connectivity index (χ3v) is 4.18. The first-order valence-electron chi connectivity index (χ1n) is 7.47. The molecule has 2 aromatic heterocycles. The molecule has 24 heavy (non-hydrogen) atoms. The van der Waals surface area contributed by atoms with E-state index in [2.05, 4.69) is 15.3 Å². The van der Waals surface area contributed by atoms with Crippen molar-refractivity contribution in [1.29, 1.82) is 0 Å². The summed E-state index contributed by atoms with van der Waals surface area (Å²) in [6.45, 7) is 2.37. The smallest absolute Gasteiger partial charge is 0.189 e. The molecule has 1 atom stereocenters. The van der Waals surface area contributed by atoms with Gasteiger partial charge in [0.25, 0.3) is 0 Å². The van der Waals surface area contributed by atoms with Crippen molar-refractivity contribution in [2.24, 2.45) is 10.7 Å². The summed E-state index contributed by atoms with van der Waals surface area (Å²) in [5, 5.41) is 4.32. The molecule has 0 saturated carbocycles. The van der Waals surface area contributed by atoms with Gasteiger partial charge in [-0.1, -0.05) is 35.3 Å². The summed E-state index contributed by atoms with van der Waals surface area (Å²) in [5.74, 6) is 0.338. The second-order valence-corrected chi connectivity index (χ2v) is 6.28. The normalized spacial score (nSPS) is 13.2. The molecule has 0 fully saturated rings. The minimum atomic E-state index is -0.0837. The first-order valence-corrected chi connectivity index (χ1v) is 8.22. The standard InChI is InChI=1S/C17H17Cl2N5/c1-11(14-6-5-12(18)8-15(14)19)22-17(20)21-9-13-10-24-7-3-2-4-16(24)23-13/h2-8,10-11H,9H2,1H3,(H3,20,21,22). The Morgan fingerprint density at radius 1 is 1.33 bits per heavy atom. The highest BCUT2D eigenvalue weighted by molar-refractivity contribution is 6.35. The van der Waals surface area contributed by atoms with Gasteiger partial charge in [-0.05, 0) is 36.8 Å². The van der Waals surface area contributed by atoms with Gasteiger partial charge in [-0.25, -0.2) is 9.98 Å². The van der Waals surface area contributed by atoms with Gasteiger partial charge in [0.2, 0.25) is 0 Å². The molecular weight excluding hydrogens is 345 g/mol. The molecule has 0 aliphatic rings. The number of rotatable bonds is 4. The highest BCUT2D eigenvalue weighted by Gasteiger charge is 2.10. The number of pyridine rings is 1. The summed E-state index contributed by atoms with van der Waals surface area (Å²) in [5.41, 5.74) is 8.61. The lowest BCUT2D eigenvalue weighted by Gasteiger charge is -2.16. The molecular formula is C17H17Cl2N5. The van der Waals surface area contributed by atoms with E-state index in [0.717, 1.165) is 16.9 Å². The van der Waals surface area contributed by atoms with E-state index in [4.69, 9.17) is 28.9 Å². The van der Waals surface area contributed by atoms with Gasteiger partial charge in [0.05, 0.1) is 18.3 Å². The molecule has 124 valence electrons. The van der Waals surface area contributed by atoms with Crippen molar-refractivity contribution >= 4 is 34.8 Å². The molecule has 0 bridgehead atoms. The summed E-state index contributed by atoms with van der Waals surface area (Å²) in [4.78, 5) is 8.82. The van der Waals surface area contributed by atoms with Crippen LogP contribution in [-0.2, 0) is 6.54 Å². The molecule has 1 aromatic carbocycles. The highest BCUT2D eigenvalue weighted by atomic mass is 35.5. The maximum Gasteiger partial charge on any atom is 0.189 e. The lowest BCUT2D eigenvalue weighted by Crippen LogP contribution is -2.34. The summed E-state index contributed by atoms with van der Waals surface area (Å²) >= 11 is 12.1. The van der Waals surface area contributed by atoms with Gasteiger partial charge in [-0.15, -0.1) is 0 Å². The minimum Gasteiger partial charge on any atom is -0.370 e. The number of nitrogens with one attached hydrogen (secondary N) is 1. The molecule has 0 radical (unpaired) electrons. The number of nitrogens with zero attached hydrogens (tertiary/aromatic N) is 3. The molecule has 0 spiro atoms. The van der Waals surface area contributed by atoms with Gasteiger partial charge in [-0.2, -0.15) is 0 Å². The summed E-state index contributed by atoms with van der Waals surface area (Å²) in [7, 11) is 0. The van der Waals surface area contributed by atoms with E-state index < -0.39 is 0 Å². The number of aliphatic imine (C=N–C) groups is 1. The van der Waals surface area contributed by atoms with Crippen LogP contribution in [0.4, 0.5) is 0 Å². The van der Waals surface area contributed by atoms with E-state index >= 15 is 0 Å². The van der Waals surface area contributed by atoms with E-state index in [1.54, 1.807) is 12.1 Å². The van der Waals surface area contributed by atoms with Crippen LogP contribution in [-0.4, -0.2) is 15.3 Å². The average Bonchev–Trinajstić information content (AvgIpc) is 2.95. The van der Waals surface area contributed by atoms with Gasteiger partial charge in [0, 0.05) is 22.4 Å². The highest BCUT2D eigenvalue weighted by Crippen LogP contribution is 2.25. The number of guanidine groups is 1. The fourth-order valence-electron chi connectivity index (χ4n) is 2.43. The van der Waals surface area contributed by atoms with Gasteiger partial charge < -0.3 is 15.5 Å². The van der Waals surface area contributed by atoms with Gasteiger partial charge in [0.15, 0.2) is 5.96 Å². The number of benzene rings is 1. The van der Waals surface area contributed by atoms with E-state index in [0.29, 0.717) is 22.5 Å². The van der Waals surface area contributed by atoms with Crippen LogP contribution >= 0.6 is 23.2 Å². The molecule has 2 heterocycles. The number of imidazole rings is 1. The Bertz CT molecular complexity index is 855. The van der Waals surface area contributed by atoms with Crippen molar-refractivity contribution in [3.63, 3.8) is 0 Å². The molecule has 0 saturated heterocycles. The fraction of sp³-hybridized carbons (Fsp3) is 0.176. The molecule has 3 aromatic rings. The van der Waals surface area contributed by atoms with Crippen LogP contribution in [0.25, 0.3) is 5.65 Å². The summed E-state index contributed by atoms with van der Waals surface area (Å²) < 4.78 is 1.95. The van der Waals surface area contributed by atoms with E-state index in [1.807, 2.05) is 48.0 Å². The molecule has 3 rings (SSSR count). The summed E-state index contributed by atoms with van der Waals surface area (Å²) in [6, 6.07) is 11.1. The number of aromatic nitrogens is 2. The molecule has 3 N–H and O–H groups in total. The Morgan fingerprint density at radius 3 is 2.92 bits per heavy atom. The largest absolute Gasteiger partial charge is 0.370 e. The fourth-order valence-corrected chi connectivity index (χ4v) is 3.00. The topological polar surface area (TPSA) is 67.7 Å². The third-order valence-electron chi connectivity index (χ3n) is 3.62. The van der Waals surface area contributed by atoms with Crippen molar-refractivity contribution in [2.45, 2.75) is 19.5 Å². The van der Waals surface area contributed by atoms with Crippen molar-refractivity contribution < 1.29 is 0 Å². The lowest BCUT2D eigenvalue weighted by atomic mass is 10.1. The molecule has 1 unspecified atom stereocenters. The quantitative estimate of drug-likeness (QED) is 0.548. The number of fused-ring (bicyclic) bond motifs is 1. The molecule has 0 aliphatic heterocycles. The van der Waals surface area contributed by atoms with E-state index in [1.165, 1.54) is 0 Å². The van der Waals surface area contributed by atoms with Crippen molar-refractivity contribution in [2.75, 3.05) is 0 Å². The lowest BCUT2D eigenvalue weighted by molar-refractivity contribution is 0.707. The Morgan fingerprint density at radius 2 is 2.17 bits per heavy atom. The zero-order chi connectivity index (χ0) is 17.1. The van der Waals surface area contributed by atoms with Crippen LogP contribution in [0.2, 0.25) is 10.0 Å². The second kappa shape index (κ2) is 7.11. The van der Waals surface area contributed by atoms with Crippen LogP contribution in [0.3, 0.4) is 0 Å². The van der Waals surface area contributed by atoms with Crippen LogP contribution in [0.5, 0.6) is 0 Å². The SMILES string of the molecule is CC(NC(N)=NCc1cn2ccccc2n1)c1ccc(Cl)cc1Cl. The molecule has 7 heteroatoms.